The molecule has 17 heteroatoms. The summed E-state index contributed by atoms with van der Waals surface area (Å²) in [4.78, 5) is 23.4. The average molecular weight is 522 g/mol. The zero-order valence-corrected chi connectivity index (χ0v) is 17.8. The van der Waals surface area contributed by atoms with Crippen molar-refractivity contribution in [1.29, 1.82) is 0 Å². The molecular formula is C16H20F8NO7S-. The van der Waals surface area contributed by atoms with Crippen molar-refractivity contribution in [2.75, 3.05) is 13.2 Å². The van der Waals surface area contributed by atoms with Gasteiger partial charge in [0.1, 0.15) is 0 Å². The van der Waals surface area contributed by atoms with Gasteiger partial charge in [0.05, 0.1) is 6.61 Å². The molecule has 0 heterocycles. The maximum absolute atomic E-state index is 13.6. The van der Waals surface area contributed by atoms with Gasteiger partial charge in [0.2, 0.25) is 5.83 Å². The molecule has 0 fully saturated rings. The summed E-state index contributed by atoms with van der Waals surface area (Å²) in [6.07, 6.45) is -9.24. The molecule has 1 atom stereocenters. The molecule has 194 valence electrons. The molecule has 0 spiro atoms. The van der Waals surface area contributed by atoms with E-state index in [0.717, 1.165) is 0 Å². The highest BCUT2D eigenvalue weighted by Crippen LogP contribution is 2.42. The number of alkyl halides is 7. The van der Waals surface area contributed by atoms with Crippen molar-refractivity contribution < 1.29 is 67.2 Å². The molecule has 1 amide bonds. The van der Waals surface area contributed by atoms with E-state index in [1.807, 2.05) is 0 Å². The highest BCUT2D eigenvalue weighted by atomic mass is 32.2. The fraction of sp³-hybridized carbons (Fsp3) is 0.750. The van der Waals surface area contributed by atoms with Crippen molar-refractivity contribution in [1.82, 2.24) is 5.32 Å². The molecule has 0 bridgehead atoms. The molecule has 8 nitrogen and oxygen atoms in total. The topological polar surface area (TPSA) is 122 Å². The molecule has 0 aliphatic heterocycles. The summed E-state index contributed by atoms with van der Waals surface area (Å²) in [7, 11) is -6.76. The fourth-order valence-corrected chi connectivity index (χ4v) is 2.55. The SMILES string of the molecule is C=C(F)C(=O)OC(OCCCCC(F)(F)C(F)(F)S(=O)(=O)[O-])(C(=O)NCCCC)C(F)(F)F. The minimum atomic E-state index is -6.76. The number of esters is 1. The summed E-state index contributed by atoms with van der Waals surface area (Å²) >= 11 is 0. The van der Waals surface area contributed by atoms with E-state index in [9.17, 15) is 57.7 Å². The number of rotatable bonds is 14. The Morgan fingerprint density at radius 1 is 1.03 bits per heavy atom. The van der Waals surface area contributed by atoms with Crippen LogP contribution in [0, 0.1) is 0 Å². The zero-order chi connectivity index (χ0) is 26.3. The van der Waals surface area contributed by atoms with Crippen molar-refractivity contribution in [3.63, 3.8) is 0 Å². The predicted molar refractivity (Wildman–Crippen MR) is 92.4 cm³/mol. The van der Waals surface area contributed by atoms with Crippen molar-refractivity contribution >= 4 is 22.0 Å². The normalized spacial score (nSPS) is 15.0. The minimum absolute atomic E-state index is 0.176. The highest BCUT2D eigenvalue weighted by Gasteiger charge is 2.66. The third kappa shape index (κ3) is 7.77. The molecule has 0 aromatic heterocycles. The first kappa shape index (κ1) is 31.0. The third-order valence-corrected chi connectivity index (χ3v) is 4.80. The second-order valence-corrected chi connectivity index (χ2v) is 7.92. The Morgan fingerprint density at radius 3 is 2.00 bits per heavy atom. The Hall–Kier alpha value is -2.01. The van der Waals surface area contributed by atoms with Crippen molar-refractivity contribution in [2.45, 2.75) is 62.2 Å². The summed E-state index contributed by atoms with van der Waals surface area (Å²) in [5.41, 5.74) is 0. The quantitative estimate of drug-likeness (QED) is 0.0929. The lowest BCUT2D eigenvalue weighted by Gasteiger charge is -2.33. The number of carbonyl (C=O) groups excluding carboxylic acids is 2. The van der Waals surface area contributed by atoms with Crippen LogP contribution in [-0.4, -0.2) is 61.1 Å². The van der Waals surface area contributed by atoms with Crippen molar-refractivity contribution in [3.8, 4) is 0 Å². The molecule has 0 aromatic rings. The Morgan fingerprint density at radius 2 is 1.58 bits per heavy atom. The van der Waals surface area contributed by atoms with E-state index in [1.54, 1.807) is 12.2 Å². The number of hydrogen-bond acceptors (Lipinski definition) is 7. The Kier molecular flexibility index (Phi) is 10.7. The molecular weight excluding hydrogens is 502 g/mol. The molecule has 33 heavy (non-hydrogen) atoms. The van der Waals surface area contributed by atoms with Crippen LogP contribution in [0.3, 0.4) is 0 Å². The summed E-state index contributed by atoms with van der Waals surface area (Å²) in [5.74, 6) is -16.3. The van der Waals surface area contributed by atoms with Gasteiger partial charge in [-0.05, 0) is 19.3 Å². The number of nitrogens with one attached hydrogen (secondary N) is 1. The van der Waals surface area contributed by atoms with Gasteiger partial charge in [0.15, 0.2) is 10.1 Å². The monoisotopic (exact) mass is 522 g/mol. The zero-order valence-electron chi connectivity index (χ0n) is 16.9. The molecule has 1 unspecified atom stereocenters. The van der Waals surface area contributed by atoms with E-state index in [2.05, 4.69) is 16.1 Å². The average Bonchev–Trinajstić information content (AvgIpc) is 2.64. The molecule has 0 radical (unpaired) electrons. The number of ether oxygens (including phenoxy) is 2. The van der Waals surface area contributed by atoms with Crippen LogP contribution in [0.1, 0.15) is 39.0 Å². The highest BCUT2D eigenvalue weighted by molar-refractivity contribution is 7.86. The summed E-state index contributed by atoms with van der Waals surface area (Å²) in [5, 5.41) is -4.25. The number of carbonyl (C=O) groups is 2. The molecule has 0 aliphatic carbocycles. The van der Waals surface area contributed by atoms with E-state index >= 15 is 0 Å². The van der Waals surface area contributed by atoms with Crippen LogP contribution in [-0.2, 0) is 29.2 Å². The molecule has 0 saturated carbocycles. The first-order valence-corrected chi connectivity index (χ1v) is 10.5. The smallest absolute Gasteiger partial charge is 0.466 e. The lowest BCUT2D eigenvalue weighted by Crippen LogP contribution is -2.61. The van der Waals surface area contributed by atoms with Gasteiger partial charge in [-0.25, -0.2) is 13.2 Å². The van der Waals surface area contributed by atoms with E-state index in [-0.39, 0.29) is 13.0 Å². The Bertz CT molecular complexity index is 816. The van der Waals surface area contributed by atoms with Crippen LogP contribution >= 0.6 is 0 Å². The van der Waals surface area contributed by atoms with Crippen molar-refractivity contribution in [3.05, 3.63) is 12.4 Å². The molecule has 0 aromatic carbocycles. The first-order chi connectivity index (χ1) is 14.8. The van der Waals surface area contributed by atoms with Gasteiger partial charge < -0.3 is 19.3 Å². The van der Waals surface area contributed by atoms with E-state index in [4.69, 9.17) is 0 Å². The number of hydrogen-bond donors (Lipinski definition) is 1. The van der Waals surface area contributed by atoms with Crippen LogP contribution < -0.4 is 5.32 Å². The van der Waals surface area contributed by atoms with Gasteiger partial charge in [-0.3, -0.25) is 4.79 Å². The second-order valence-electron chi connectivity index (χ2n) is 6.50. The summed E-state index contributed by atoms with van der Waals surface area (Å²) in [6.45, 7) is 2.35. The largest absolute Gasteiger partial charge is 0.743 e. The van der Waals surface area contributed by atoms with Crippen LogP contribution in [0.25, 0.3) is 0 Å². The molecule has 1 N–H and O–H groups in total. The number of unbranched alkanes of at least 4 members (excludes halogenated alkanes) is 2. The van der Waals surface area contributed by atoms with Gasteiger partial charge in [-0.1, -0.05) is 19.9 Å². The van der Waals surface area contributed by atoms with Crippen LogP contribution in [0.4, 0.5) is 35.1 Å². The van der Waals surface area contributed by atoms with Gasteiger partial charge in [0, 0.05) is 13.0 Å². The van der Waals surface area contributed by atoms with Crippen molar-refractivity contribution in [2.24, 2.45) is 0 Å². The van der Waals surface area contributed by atoms with Gasteiger partial charge in [-0.15, -0.1) is 0 Å². The Balaban J connectivity index is 5.52. The second kappa shape index (κ2) is 11.4. The maximum Gasteiger partial charge on any atom is 0.466 e. The standard InChI is InChI=1S/C16H21F8NO7S/c1-3-4-8-25-12(27)14(15(20,21)22,32-11(26)10(2)17)31-9-6-5-7-13(18,19)16(23,24)33(28,29)30/h2-9H2,1H3,(H,25,27)(H,28,29,30)/p-1. The lowest BCUT2D eigenvalue weighted by molar-refractivity contribution is -0.347. The van der Waals surface area contributed by atoms with Crippen LogP contribution in [0.15, 0.2) is 12.4 Å². The molecule has 0 aliphatic rings. The predicted octanol–water partition coefficient (Wildman–Crippen LogP) is 3.15. The summed E-state index contributed by atoms with van der Waals surface area (Å²) < 4.78 is 146. The first-order valence-electron chi connectivity index (χ1n) is 9.04. The minimum Gasteiger partial charge on any atom is -0.743 e. The maximum atomic E-state index is 13.6. The molecule has 0 saturated heterocycles. The van der Waals surface area contributed by atoms with Crippen LogP contribution in [0.5, 0.6) is 0 Å². The molecule has 0 rings (SSSR count). The van der Waals surface area contributed by atoms with E-state index in [1.165, 1.54) is 0 Å². The van der Waals surface area contributed by atoms with E-state index < -0.39 is 76.8 Å². The van der Waals surface area contributed by atoms with E-state index in [0.29, 0.717) is 6.42 Å². The number of amides is 1. The summed E-state index contributed by atoms with van der Waals surface area (Å²) in [6, 6.07) is 0. The van der Waals surface area contributed by atoms with Crippen LogP contribution in [0.2, 0.25) is 0 Å². The van der Waals surface area contributed by atoms with Gasteiger partial charge in [-0.2, -0.15) is 35.1 Å². The van der Waals surface area contributed by atoms with Gasteiger partial charge in [0.25, 0.3) is 0 Å². The lowest BCUT2D eigenvalue weighted by atomic mass is 10.1. The fourth-order valence-electron chi connectivity index (χ4n) is 2.08. The Labute approximate surface area is 183 Å². The third-order valence-electron chi connectivity index (χ3n) is 3.88. The number of halogens is 8. The van der Waals surface area contributed by atoms with Gasteiger partial charge >= 0.3 is 35.0 Å².